The summed E-state index contributed by atoms with van der Waals surface area (Å²) in [5.41, 5.74) is 1.10. The molecule has 5 heteroatoms. The lowest BCUT2D eigenvalue weighted by molar-refractivity contribution is -0.120. The topological polar surface area (TPSA) is 59.6 Å². The summed E-state index contributed by atoms with van der Waals surface area (Å²) in [6, 6.07) is 3.65. The number of rotatable bonds is 3. The van der Waals surface area contributed by atoms with Gasteiger partial charge in [0.05, 0.1) is 25.6 Å². The number of carbonyl (C=O) groups is 1. The fourth-order valence-electron chi connectivity index (χ4n) is 2.62. The molecule has 0 aromatic heterocycles. The molecule has 102 valence electrons. The molecule has 1 fully saturated rings. The minimum Gasteiger partial charge on any atom is -0.493 e. The summed E-state index contributed by atoms with van der Waals surface area (Å²) in [4.78, 5) is 12.3. The summed E-state index contributed by atoms with van der Waals surface area (Å²) >= 11 is 0. The molecule has 5 nitrogen and oxygen atoms in total. The molecule has 0 spiro atoms. The number of nitrogens with one attached hydrogen (secondary N) is 2. The number of ether oxygens (including phenoxy) is 2. The quantitative estimate of drug-likeness (QED) is 0.877. The molecular formula is C14H18N2O3. The van der Waals surface area contributed by atoms with Crippen LogP contribution >= 0.6 is 0 Å². The molecule has 2 aliphatic rings. The Hall–Kier alpha value is -1.91. The van der Waals surface area contributed by atoms with Gasteiger partial charge in [-0.1, -0.05) is 0 Å². The van der Waals surface area contributed by atoms with Gasteiger partial charge < -0.3 is 20.1 Å². The van der Waals surface area contributed by atoms with Crippen LogP contribution in [0.25, 0.3) is 0 Å². The lowest BCUT2D eigenvalue weighted by Crippen LogP contribution is -2.51. The maximum Gasteiger partial charge on any atom is 0.250 e. The number of amides is 1. The second kappa shape index (κ2) is 4.05. The number of anilines is 2. The third kappa shape index (κ3) is 1.80. The van der Waals surface area contributed by atoms with Crippen LogP contribution in [0.5, 0.6) is 11.5 Å². The van der Waals surface area contributed by atoms with Crippen LogP contribution in [-0.4, -0.2) is 25.7 Å². The van der Waals surface area contributed by atoms with Gasteiger partial charge in [-0.05, 0) is 25.7 Å². The molecule has 1 unspecified atom stereocenters. The highest BCUT2D eigenvalue weighted by atomic mass is 16.5. The summed E-state index contributed by atoms with van der Waals surface area (Å²) in [6.45, 7) is 1.96. The van der Waals surface area contributed by atoms with Crippen molar-refractivity contribution in [3.63, 3.8) is 0 Å². The van der Waals surface area contributed by atoms with Gasteiger partial charge in [0.15, 0.2) is 11.5 Å². The molecule has 1 saturated carbocycles. The maximum absolute atomic E-state index is 12.3. The standard InChI is InChI=1S/C14H18N2O3/c1-14(8-4-5-8)13(17)15-9-6-11(18-2)12(19-3)7-10(9)16-14/h6-8,16H,4-5H2,1-3H3,(H,15,17). The van der Waals surface area contributed by atoms with Gasteiger partial charge in [0.25, 0.3) is 0 Å². The van der Waals surface area contributed by atoms with Crippen molar-refractivity contribution in [2.45, 2.75) is 25.3 Å². The second-order valence-electron chi connectivity index (χ2n) is 5.31. The van der Waals surface area contributed by atoms with E-state index in [-0.39, 0.29) is 5.91 Å². The molecule has 1 aromatic carbocycles. The summed E-state index contributed by atoms with van der Waals surface area (Å²) in [5, 5.41) is 6.32. The Morgan fingerprint density at radius 1 is 1.16 bits per heavy atom. The van der Waals surface area contributed by atoms with Gasteiger partial charge in [0, 0.05) is 12.1 Å². The summed E-state index contributed by atoms with van der Waals surface area (Å²) in [5.74, 6) is 1.70. The third-order valence-corrected chi connectivity index (χ3v) is 4.03. The van der Waals surface area contributed by atoms with E-state index < -0.39 is 5.54 Å². The molecule has 1 heterocycles. The van der Waals surface area contributed by atoms with Gasteiger partial charge in [-0.15, -0.1) is 0 Å². The fourth-order valence-corrected chi connectivity index (χ4v) is 2.62. The molecule has 1 aliphatic heterocycles. The Labute approximate surface area is 112 Å². The van der Waals surface area contributed by atoms with Gasteiger partial charge in [-0.2, -0.15) is 0 Å². The monoisotopic (exact) mass is 262 g/mol. The maximum atomic E-state index is 12.3. The molecule has 0 radical (unpaired) electrons. The molecular weight excluding hydrogens is 244 g/mol. The normalized spacial score (nSPS) is 25.1. The molecule has 1 amide bonds. The molecule has 1 aliphatic carbocycles. The van der Waals surface area contributed by atoms with Crippen LogP contribution in [0, 0.1) is 5.92 Å². The lowest BCUT2D eigenvalue weighted by atomic mass is 9.91. The highest BCUT2D eigenvalue weighted by molar-refractivity contribution is 6.06. The first kappa shape index (κ1) is 12.1. The Balaban J connectivity index is 2.02. The number of carbonyl (C=O) groups excluding carboxylic acids is 1. The predicted molar refractivity (Wildman–Crippen MR) is 72.9 cm³/mol. The predicted octanol–water partition coefficient (Wildman–Crippen LogP) is 2.24. The number of hydrogen-bond acceptors (Lipinski definition) is 4. The van der Waals surface area contributed by atoms with E-state index in [4.69, 9.17) is 9.47 Å². The molecule has 0 saturated heterocycles. The van der Waals surface area contributed by atoms with E-state index in [1.165, 1.54) is 0 Å². The van der Waals surface area contributed by atoms with Crippen LogP contribution in [0.4, 0.5) is 11.4 Å². The van der Waals surface area contributed by atoms with Crippen LogP contribution < -0.4 is 20.1 Å². The van der Waals surface area contributed by atoms with Crippen molar-refractivity contribution < 1.29 is 14.3 Å². The van der Waals surface area contributed by atoms with Gasteiger partial charge in [-0.3, -0.25) is 4.79 Å². The number of benzene rings is 1. The summed E-state index contributed by atoms with van der Waals surface area (Å²) < 4.78 is 10.5. The van der Waals surface area contributed by atoms with Gasteiger partial charge >= 0.3 is 0 Å². The Morgan fingerprint density at radius 2 is 1.74 bits per heavy atom. The number of hydrogen-bond donors (Lipinski definition) is 2. The highest BCUT2D eigenvalue weighted by Crippen LogP contribution is 2.47. The van der Waals surface area contributed by atoms with Crippen molar-refractivity contribution in [3.05, 3.63) is 12.1 Å². The van der Waals surface area contributed by atoms with Crippen LogP contribution in [0.2, 0.25) is 0 Å². The van der Waals surface area contributed by atoms with Crippen molar-refractivity contribution in [2.75, 3.05) is 24.9 Å². The van der Waals surface area contributed by atoms with E-state index in [0.29, 0.717) is 17.4 Å². The van der Waals surface area contributed by atoms with Crippen LogP contribution in [0.15, 0.2) is 12.1 Å². The molecule has 1 atom stereocenters. The zero-order valence-corrected chi connectivity index (χ0v) is 11.4. The number of methoxy groups -OCH3 is 2. The van der Waals surface area contributed by atoms with Crippen molar-refractivity contribution in [1.29, 1.82) is 0 Å². The van der Waals surface area contributed by atoms with Crippen molar-refractivity contribution in [1.82, 2.24) is 0 Å². The average molecular weight is 262 g/mol. The minimum atomic E-state index is -0.521. The lowest BCUT2D eigenvalue weighted by Gasteiger charge is -2.36. The first-order valence-corrected chi connectivity index (χ1v) is 6.44. The number of fused-ring (bicyclic) bond motifs is 1. The molecule has 0 bridgehead atoms. The SMILES string of the molecule is COc1cc2c(cc1OC)NC(C)(C1CC1)C(=O)N2. The van der Waals surface area contributed by atoms with Gasteiger partial charge in [-0.25, -0.2) is 0 Å². The van der Waals surface area contributed by atoms with Gasteiger partial charge in [0.1, 0.15) is 5.54 Å². The van der Waals surface area contributed by atoms with Gasteiger partial charge in [0.2, 0.25) is 5.91 Å². The van der Waals surface area contributed by atoms with Crippen LogP contribution in [0.1, 0.15) is 19.8 Å². The minimum absolute atomic E-state index is 0.0229. The van der Waals surface area contributed by atoms with Crippen molar-refractivity contribution >= 4 is 17.3 Å². The third-order valence-electron chi connectivity index (χ3n) is 4.03. The van der Waals surface area contributed by atoms with E-state index in [9.17, 15) is 4.79 Å². The van der Waals surface area contributed by atoms with E-state index >= 15 is 0 Å². The first-order valence-electron chi connectivity index (χ1n) is 6.44. The van der Waals surface area contributed by atoms with E-state index in [1.54, 1.807) is 20.3 Å². The Kier molecular flexibility index (Phi) is 2.59. The van der Waals surface area contributed by atoms with E-state index in [2.05, 4.69) is 10.6 Å². The fraction of sp³-hybridized carbons (Fsp3) is 0.500. The smallest absolute Gasteiger partial charge is 0.250 e. The highest BCUT2D eigenvalue weighted by Gasteiger charge is 2.49. The zero-order valence-electron chi connectivity index (χ0n) is 11.4. The Bertz CT molecular complexity index is 540. The van der Waals surface area contributed by atoms with Crippen LogP contribution in [0.3, 0.4) is 0 Å². The molecule has 19 heavy (non-hydrogen) atoms. The molecule has 3 rings (SSSR count). The van der Waals surface area contributed by atoms with E-state index in [0.717, 1.165) is 24.2 Å². The average Bonchev–Trinajstić information content (AvgIpc) is 3.23. The molecule has 2 N–H and O–H groups in total. The molecule has 1 aromatic rings. The Morgan fingerprint density at radius 3 is 2.26 bits per heavy atom. The second-order valence-corrected chi connectivity index (χ2v) is 5.31. The largest absolute Gasteiger partial charge is 0.493 e. The summed E-state index contributed by atoms with van der Waals surface area (Å²) in [6.07, 6.45) is 2.19. The zero-order chi connectivity index (χ0) is 13.6. The van der Waals surface area contributed by atoms with Crippen LogP contribution in [-0.2, 0) is 4.79 Å². The first-order chi connectivity index (χ1) is 9.08. The summed E-state index contributed by atoms with van der Waals surface area (Å²) in [7, 11) is 3.18. The van der Waals surface area contributed by atoms with Crippen molar-refractivity contribution in [2.24, 2.45) is 5.92 Å². The van der Waals surface area contributed by atoms with Crippen molar-refractivity contribution in [3.8, 4) is 11.5 Å². The van der Waals surface area contributed by atoms with E-state index in [1.807, 2.05) is 13.0 Å².